The van der Waals surface area contributed by atoms with Crippen LogP contribution in [0.5, 0.6) is 5.75 Å². The molecule has 0 atom stereocenters. The molecule has 0 amide bonds. The van der Waals surface area contributed by atoms with Gasteiger partial charge in [-0.25, -0.2) is 0 Å². The van der Waals surface area contributed by atoms with Gasteiger partial charge in [0.05, 0.1) is 0 Å². The summed E-state index contributed by atoms with van der Waals surface area (Å²) in [5.74, 6) is 0.167. The summed E-state index contributed by atoms with van der Waals surface area (Å²) in [4.78, 5) is 3.74. The maximum Gasteiger partial charge on any atom is 0.141 e. The van der Waals surface area contributed by atoms with Gasteiger partial charge in [0.1, 0.15) is 11.4 Å². The molecule has 0 radical (unpaired) electrons. The molecule has 1 aromatic rings. The molecule has 0 bridgehead atoms. The van der Waals surface area contributed by atoms with Crippen LogP contribution in [0.15, 0.2) is 29.3 Å². The second-order valence-corrected chi connectivity index (χ2v) is 2.37. The fourth-order valence-electron chi connectivity index (χ4n) is 1.04. The zero-order chi connectivity index (χ0) is 8.97. The van der Waals surface area contributed by atoms with Gasteiger partial charge in [-0.1, -0.05) is 24.3 Å². The SMILES string of the molecule is C=Nc1c(O)cccc1/C=C\C. The number of phenolic OH excluding ortho intramolecular Hbond substituents is 1. The smallest absolute Gasteiger partial charge is 0.141 e. The quantitative estimate of drug-likeness (QED) is 0.664. The molecule has 62 valence electrons. The van der Waals surface area contributed by atoms with E-state index in [1.165, 1.54) is 0 Å². The van der Waals surface area contributed by atoms with Gasteiger partial charge in [-0.3, -0.25) is 4.99 Å². The van der Waals surface area contributed by atoms with Crippen molar-refractivity contribution in [1.29, 1.82) is 0 Å². The van der Waals surface area contributed by atoms with E-state index >= 15 is 0 Å². The van der Waals surface area contributed by atoms with Crippen molar-refractivity contribution in [2.75, 3.05) is 0 Å². The molecule has 0 fully saturated rings. The molecule has 12 heavy (non-hydrogen) atoms. The fourth-order valence-corrected chi connectivity index (χ4v) is 1.04. The number of allylic oxidation sites excluding steroid dienone is 1. The van der Waals surface area contributed by atoms with Crippen LogP contribution < -0.4 is 0 Å². The Morgan fingerprint density at radius 3 is 2.83 bits per heavy atom. The second-order valence-electron chi connectivity index (χ2n) is 2.37. The Kier molecular flexibility index (Phi) is 2.64. The average molecular weight is 161 g/mol. The summed E-state index contributed by atoms with van der Waals surface area (Å²) in [6, 6.07) is 5.25. The Balaban J connectivity index is 3.27. The summed E-state index contributed by atoms with van der Waals surface area (Å²) >= 11 is 0. The highest BCUT2D eigenvalue weighted by Gasteiger charge is 2.01. The van der Waals surface area contributed by atoms with E-state index in [4.69, 9.17) is 0 Å². The highest BCUT2D eigenvalue weighted by molar-refractivity contribution is 5.71. The summed E-state index contributed by atoms with van der Waals surface area (Å²) in [7, 11) is 0. The molecule has 1 aromatic carbocycles. The Hall–Kier alpha value is -1.57. The molecule has 0 saturated heterocycles. The van der Waals surface area contributed by atoms with E-state index in [0.29, 0.717) is 5.69 Å². The van der Waals surface area contributed by atoms with E-state index in [0.717, 1.165) is 5.56 Å². The van der Waals surface area contributed by atoms with Gasteiger partial charge < -0.3 is 5.11 Å². The van der Waals surface area contributed by atoms with Crippen LogP contribution >= 0.6 is 0 Å². The van der Waals surface area contributed by atoms with Crippen molar-refractivity contribution in [1.82, 2.24) is 0 Å². The molecular weight excluding hydrogens is 150 g/mol. The summed E-state index contributed by atoms with van der Waals surface area (Å²) in [6.45, 7) is 5.30. The molecule has 2 nitrogen and oxygen atoms in total. The number of para-hydroxylation sites is 1. The molecule has 0 spiro atoms. The van der Waals surface area contributed by atoms with Gasteiger partial charge in [0.2, 0.25) is 0 Å². The second kappa shape index (κ2) is 3.72. The highest BCUT2D eigenvalue weighted by Crippen LogP contribution is 2.30. The van der Waals surface area contributed by atoms with Gasteiger partial charge in [0.15, 0.2) is 0 Å². The molecule has 0 aromatic heterocycles. The Morgan fingerprint density at radius 1 is 1.50 bits per heavy atom. The van der Waals surface area contributed by atoms with Crippen LogP contribution in [0, 0.1) is 0 Å². The maximum absolute atomic E-state index is 9.35. The molecule has 0 saturated carbocycles. The lowest BCUT2D eigenvalue weighted by Crippen LogP contribution is -1.74. The molecule has 0 unspecified atom stereocenters. The lowest BCUT2D eigenvalue weighted by Gasteiger charge is -2.01. The molecular formula is C10H11NO. The van der Waals surface area contributed by atoms with E-state index in [2.05, 4.69) is 11.7 Å². The van der Waals surface area contributed by atoms with Crippen molar-refractivity contribution in [2.45, 2.75) is 6.92 Å². The third-order valence-electron chi connectivity index (χ3n) is 1.55. The normalized spacial score (nSPS) is 10.4. The molecule has 2 heteroatoms. The highest BCUT2D eigenvalue weighted by atomic mass is 16.3. The minimum atomic E-state index is 0.167. The van der Waals surface area contributed by atoms with Crippen LogP contribution in [0.3, 0.4) is 0 Å². The van der Waals surface area contributed by atoms with Crippen molar-refractivity contribution < 1.29 is 5.11 Å². The van der Waals surface area contributed by atoms with E-state index in [1.54, 1.807) is 12.1 Å². The van der Waals surface area contributed by atoms with Crippen molar-refractivity contribution in [3.8, 4) is 5.75 Å². The van der Waals surface area contributed by atoms with Gasteiger partial charge in [0, 0.05) is 5.56 Å². The van der Waals surface area contributed by atoms with Crippen LogP contribution in [-0.4, -0.2) is 11.8 Å². The van der Waals surface area contributed by atoms with Crippen LogP contribution in [0.25, 0.3) is 6.08 Å². The zero-order valence-electron chi connectivity index (χ0n) is 6.99. The minimum Gasteiger partial charge on any atom is -0.506 e. The number of nitrogens with zero attached hydrogens (tertiary/aromatic N) is 1. The van der Waals surface area contributed by atoms with Crippen LogP contribution in [-0.2, 0) is 0 Å². The lowest BCUT2D eigenvalue weighted by molar-refractivity contribution is 0.477. The first-order valence-electron chi connectivity index (χ1n) is 3.71. The molecule has 1 N–H and O–H groups in total. The molecule has 0 aliphatic heterocycles. The number of benzene rings is 1. The van der Waals surface area contributed by atoms with Crippen LogP contribution in [0.4, 0.5) is 5.69 Å². The first-order valence-corrected chi connectivity index (χ1v) is 3.71. The van der Waals surface area contributed by atoms with E-state index in [1.807, 2.05) is 25.1 Å². The van der Waals surface area contributed by atoms with E-state index in [-0.39, 0.29) is 5.75 Å². The van der Waals surface area contributed by atoms with E-state index in [9.17, 15) is 5.11 Å². The van der Waals surface area contributed by atoms with Crippen molar-refractivity contribution in [3.63, 3.8) is 0 Å². The van der Waals surface area contributed by atoms with Gasteiger partial charge in [-0.15, -0.1) is 0 Å². The Labute approximate surface area is 71.9 Å². The topological polar surface area (TPSA) is 32.6 Å². The van der Waals surface area contributed by atoms with Gasteiger partial charge in [-0.05, 0) is 19.7 Å². The number of rotatable bonds is 2. The predicted octanol–water partition coefficient (Wildman–Crippen LogP) is 2.76. The predicted molar refractivity (Wildman–Crippen MR) is 52.0 cm³/mol. The number of aliphatic imine (C=N–C) groups is 1. The summed E-state index contributed by atoms with van der Waals surface area (Å²) in [6.07, 6.45) is 3.77. The number of aromatic hydroxyl groups is 1. The Morgan fingerprint density at radius 2 is 2.25 bits per heavy atom. The fraction of sp³-hybridized carbons (Fsp3) is 0.100. The van der Waals surface area contributed by atoms with Crippen molar-refractivity contribution in [2.24, 2.45) is 4.99 Å². The van der Waals surface area contributed by atoms with Gasteiger partial charge >= 0.3 is 0 Å². The zero-order valence-corrected chi connectivity index (χ0v) is 6.99. The van der Waals surface area contributed by atoms with Crippen LogP contribution in [0.2, 0.25) is 0 Å². The molecule has 0 aliphatic carbocycles. The number of phenols is 1. The standard InChI is InChI=1S/C10H11NO/c1-3-5-8-6-4-7-9(12)10(8)11-2/h3-7,12H,2H2,1H3/b5-3-. The third kappa shape index (κ3) is 1.53. The Bertz CT molecular complexity index is 316. The van der Waals surface area contributed by atoms with Crippen LogP contribution in [0.1, 0.15) is 12.5 Å². The number of hydrogen-bond donors (Lipinski definition) is 1. The molecule has 0 aliphatic rings. The van der Waals surface area contributed by atoms with Gasteiger partial charge in [-0.2, -0.15) is 0 Å². The lowest BCUT2D eigenvalue weighted by atomic mass is 10.1. The first kappa shape index (κ1) is 8.53. The third-order valence-corrected chi connectivity index (χ3v) is 1.55. The van der Waals surface area contributed by atoms with Crippen molar-refractivity contribution >= 4 is 18.5 Å². The summed E-state index contributed by atoms with van der Waals surface area (Å²) in [5, 5.41) is 9.35. The molecule has 1 rings (SSSR count). The molecule has 0 heterocycles. The largest absolute Gasteiger partial charge is 0.506 e. The average Bonchev–Trinajstić information content (AvgIpc) is 2.05. The monoisotopic (exact) mass is 161 g/mol. The maximum atomic E-state index is 9.35. The summed E-state index contributed by atoms with van der Waals surface area (Å²) < 4.78 is 0. The van der Waals surface area contributed by atoms with E-state index < -0.39 is 0 Å². The summed E-state index contributed by atoms with van der Waals surface area (Å²) in [5.41, 5.74) is 1.42. The van der Waals surface area contributed by atoms with Gasteiger partial charge in [0.25, 0.3) is 0 Å². The minimum absolute atomic E-state index is 0.167. The van der Waals surface area contributed by atoms with Crippen molar-refractivity contribution in [3.05, 3.63) is 29.8 Å². The first-order chi connectivity index (χ1) is 5.79. The number of hydrogen-bond acceptors (Lipinski definition) is 2.